The monoisotopic (exact) mass is 383 g/mol. The Morgan fingerprint density at radius 2 is 1.68 bits per heavy atom. The van der Waals surface area contributed by atoms with Crippen molar-refractivity contribution in [1.29, 1.82) is 0 Å². The van der Waals surface area contributed by atoms with Gasteiger partial charge in [-0.05, 0) is 55.0 Å². The summed E-state index contributed by atoms with van der Waals surface area (Å²) >= 11 is 6.86. The lowest BCUT2D eigenvalue weighted by Crippen LogP contribution is -2.12. The van der Waals surface area contributed by atoms with Crippen molar-refractivity contribution in [1.82, 2.24) is 0 Å². The van der Waals surface area contributed by atoms with Gasteiger partial charge in [0.2, 0.25) is 0 Å². The molecule has 0 radical (unpaired) electrons. The van der Waals surface area contributed by atoms with E-state index in [1.807, 2.05) is 30.3 Å². The van der Waals surface area contributed by atoms with Crippen LogP contribution in [0.2, 0.25) is 0 Å². The van der Waals surface area contributed by atoms with Crippen LogP contribution in [0.25, 0.3) is 0 Å². The number of nitrogens with one attached hydrogen (secondary N) is 1. The lowest BCUT2D eigenvalue weighted by atomic mass is 10.2. The fourth-order valence-electron chi connectivity index (χ4n) is 1.71. The molecule has 0 saturated heterocycles. The van der Waals surface area contributed by atoms with E-state index in [-0.39, 0.29) is 0 Å². The van der Waals surface area contributed by atoms with E-state index in [0.29, 0.717) is 6.61 Å². The van der Waals surface area contributed by atoms with Gasteiger partial charge in [-0.25, -0.2) is 0 Å². The molecular weight excluding hydrogens is 370 g/mol. The molecule has 2 rings (SSSR count). The van der Waals surface area contributed by atoms with Gasteiger partial charge in [0.05, 0.1) is 0 Å². The zero-order valence-electron chi connectivity index (χ0n) is 10.6. The van der Waals surface area contributed by atoms with E-state index in [1.54, 1.807) is 0 Å². The molecule has 0 unspecified atom stereocenters. The SMILES string of the molecule is Cc1cc(Br)ccc1NCCOc1ccc(Br)cc1. The third-order valence-electron chi connectivity index (χ3n) is 2.69. The molecule has 0 saturated carbocycles. The summed E-state index contributed by atoms with van der Waals surface area (Å²) in [7, 11) is 0. The predicted molar refractivity (Wildman–Crippen MR) is 87.0 cm³/mol. The number of ether oxygens (including phenoxy) is 1. The highest BCUT2D eigenvalue weighted by molar-refractivity contribution is 9.10. The van der Waals surface area contributed by atoms with Crippen LogP contribution >= 0.6 is 31.9 Å². The number of benzene rings is 2. The van der Waals surface area contributed by atoms with Gasteiger partial charge in [0, 0.05) is 21.2 Å². The summed E-state index contributed by atoms with van der Waals surface area (Å²) in [5.74, 6) is 0.887. The first-order valence-electron chi connectivity index (χ1n) is 6.03. The summed E-state index contributed by atoms with van der Waals surface area (Å²) < 4.78 is 7.81. The lowest BCUT2D eigenvalue weighted by molar-refractivity contribution is 0.333. The van der Waals surface area contributed by atoms with Crippen molar-refractivity contribution in [3.63, 3.8) is 0 Å². The first kappa shape index (κ1) is 14.4. The Morgan fingerprint density at radius 3 is 2.37 bits per heavy atom. The van der Waals surface area contributed by atoms with Crippen molar-refractivity contribution in [2.45, 2.75) is 6.92 Å². The summed E-state index contributed by atoms with van der Waals surface area (Å²) in [5, 5.41) is 3.37. The molecule has 0 bridgehead atoms. The molecule has 0 heterocycles. The van der Waals surface area contributed by atoms with Crippen LogP contribution in [0.5, 0.6) is 5.75 Å². The van der Waals surface area contributed by atoms with Crippen LogP contribution in [0.15, 0.2) is 51.4 Å². The van der Waals surface area contributed by atoms with Crippen molar-refractivity contribution in [3.05, 3.63) is 57.0 Å². The van der Waals surface area contributed by atoms with Crippen molar-refractivity contribution in [3.8, 4) is 5.75 Å². The van der Waals surface area contributed by atoms with Crippen LogP contribution in [-0.4, -0.2) is 13.2 Å². The second kappa shape index (κ2) is 6.96. The number of anilines is 1. The molecule has 0 aliphatic heterocycles. The summed E-state index contributed by atoms with van der Waals surface area (Å²) in [5.41, 5.74) is 2.36. The Morgan fingerprint density at radius 1 is 1.00 bits per heavy atom. The van der Waals surface area contributed by atoms with Crippen molar-refractivity contribution in [2.75, 3.05) is 18.5 Å². The van der Waals surface area contributed by atoms with E-state index in [1.165, 1.54) is 5.56 Å². The largest absolute Gasteiger partial charge is 0.492 e. The predicted octanol–water partition coefficient (Wildman–Crippen LogP) is 5.01. The molecule has 19 heavy (non-hydrogen) atoms. The van der Waals surface area contributed by atoms with Crippen molar-refractivity contribution in [2.24, 2.45) is 0 Å². The van der Waals surface area contributed by atoms with Gasteiger partial charge in [-0.15, -0.1) is 0 Å². The Bertz CT molecular complexity index is 540. The van der Waals surface area contributed by atoms with E-state index >= 15 is 0 Å². The molecule has 0 amide bonds. The molecule has 2 nitrogen and oxygen atoms in total. The molecule has 0 aliphatic carbocycles. The van der Waals surface area contributed by atoms with Gasteiger partial charge < -0.3 is 10.1 Å². The van der Waals surface area contributed by atoms with E-state index < -0.39 is 0 Å². The highest BCUT2D eigenvalue weighted by Crippen LogP contribution is 2.20. The Kier molecular flexibility index (Phi) is 5.28. The topological polar surface area (TPSA) is 21.3 Å². The molecule has 0 spiro atoms. The summed E-state index contributed by atoms with van der Waals surface area (Å²) in [6, 6.07) is 14.1. The Balaban J connectivity index is 1.79. The van der Waals surface area contributed by atoms with E-state index in [0.717, 1.165) is 26.9 Å². The van der Waals surface area contributed by atoms with Crippen LogP contribution in [0.3, 0.4) is 0 Å². The minimum atomic E-state index is 0.636. The Hall–Kier alpha value is -1.000. The zero-order chi connectivity index (χ0) is 13.7. The highest BCUT2D eigenvalue weighted by Gasteiger charge is 1.98. The van der Waals surface area contributed by atoms with Gasteiger partial charge in [0.1, 0.15) is 12.4 Å². The van der Waals surface area contributed by atoms with Gasteiger partial charge in [0.25, 0.3) is 0 Å². The fourth-order valence-corrected chi connectivity index (χ4v) is 2.45. The lowest BCUT2D eigenvalue weighted by Gasteiger charge is -2.11. The van der Waals surface area contributed by atoms with Crippen molar-refractivity contribution >= 4 is 37.5 Å². The second-order valence-corrected chi connectivity index (χ2v) is 6.02. The average Bonchev–Trinajstić information content (AvgIpc) is 2.39. The van der Waals surface area contributed by atoms with E-state index in [4.69, 9.17) is 4.74 Å². The zero-order valence-corrected chi connectivity index (χ0v) is 13.8. The number of rotatable bonds is 5. The van der Waals surface area contributed by atoms with Gasteiger partial charge in [-0.1, -0.05) is 31.9 Å². The molecule has 0 aliphatic rings. The van der Waals surface area contributed by atoms with E-state index in [2.05, 4.69) is 56.2 Å². The summed E-state index contributed by atoms with van der Waals surface area (Å²) in [6.07, 6.45) is 0. The average molecular weight is 385 g/mol. The van der Waals surface area contributed by atoms with Gasteiger partial charge >= 0.3 is 0 Å². The maximum Gasteiger partial charge on any atom is 0.119 e. The molecule has 0 fully saturated rings. The molecule has 2 aromatic rings. The molecule has 4 heteroatoms. The van der Waals surface area contributed by atoms with Gasteiger partial charge in [-0.3, -0.25) is 0 Å². The molecule has 2 aromatic carbocycles. The maximum atomic E-state index is 5.65. The first-order chi connectivity index (χ1) is 9.15. The number of hydrogen-bond donors (Lipinski definition) is 1. The number of halogens is 2. The smallest absolute Gasteiger partial charge is 0.119 e. The van der Waals surface area contributed by atoms with E-state index in [9.17, 15) is 0 Å². The van der Waals surface area contributed by atoms with Crippen LogP contribution in [0.4, 0.5) is 5.69 Å². The van der Waals surface area contributed by atoms with Gasteiger partial charge in [-0.2, -0.15) is 0 Å². The normalized spacial score (nSPS) is 10.3. The number of aryl methyl sites for hydroxylation is 1. The molecule has 0 aromatic heterocycles. The summed E-state index contributed by atoms with van der Waals surface area (Å²) in [4.78, 5) is 0. The molecule has 1 N–H and O–H groups in total. The van der Waals surface area contributed by atoms with Crippen LogP contribution in [-0.2, 0) is 0 Å². The third-order valence-corrected chi connectivity index (χ3v) is 3.71. The first-order valence-corrected chi connectivity index (χ1v) is 7.62. The highest BCUT2D eigenvalue weighted by atomic mass is 79.9. The standard InChI is InChI=1S/C15H15Br2NO/c1-11-10-13(17)4-7-15(11)18-8-9-19-14-5-2-12(16)3-6-14/h2-7,10,18H,8-9H2,1H3. The van der Waals surface area contributed by atoms with Crippen LogP contribution in [0, 0.1) is 6.92 Å². The van der Waals surface area contributed by atoms with Crippen molar-refractivity contribution < 1.29 is 4.74 Å². The summed E-state index contributed by atoms with van der Waals surface area (Å²) in [6.45, 7) is 3.50. The third kappa shape index (κ3) is 4.55. The minimum Gasteiger partial charge on any atom is -0.492 e. The molecule has 100 valence electrons. The molecule has 0 atom stereocenters. The minimum absolute atomic E-state index is 0.636. The maximum absolute atomic E-state index is 5.65. The number of hydrogen-bond acceptors (Lipinski definition) is 2. The Labute approximate surface area is 130 Å². The quantitative estimate of drug-likeness (QED) is 0.731. The second-order valence-electron chi connectivity index (χ2n) is 4.19. The molecular formula is C15H15Br2NO. The fraction of sp³-hybridized carbons (Fsp3) is 0.200. The van der Waals surface area contributed by atoms with Crippen LogP contribution in [0.1, 0.15) is 5.56 Å². The van der Waals surface area contributed by atoms with Crippen LogP contribution < -0.4 is 10.1 Å². The van der Waals surface area contributed by atoms with Gasteiger partial charge in [0.15, 0.2) is 0 Å².